The van der Waals surface area contributed by atoms with Crippen molar-refractivity contribution in [3.05, 3.63) is 23.8 Å². The van der Waals surface area contributed by atoms with E-state index in [9.17, 15) is 8.42 Å². The maximum Gasteiger partial charge on any atom is 0.243 e. The van der Waals surface area contributed by atoms with Crippen LogP contribution in [-0.2, 0) is 15.9 Å². The quantitative estimate of drug-likeness (QED) is 0.687. The highest BCUT2D eigenvalue weighted by Crippen LogP contribution is 2.32. The second-order valence-corrected chi connectivity index (χ2v) is 7.44. The Morgan fingerprint density at radius 2 is 2.05 bits per heavy atom. The fraction of sp³-hybridized carbons (Fsp3) is 0.600. The zero-order valence-electron chi connectivity index (χ0n) is 12.5. The second kappa shape index (κ2) is 6.99. The zero-order chi connectivity index (χ0) is 15.5. The summed E-state index contributed by atoms with van der Waals surface area (Å²) in [4.78, 5) is 0.295. The average molecular weight is 332 g/mol. The standard InChI is InChI=1S/C15H22ClNO3S/c1-3-17(11-12-5-6-12)21(18,19)14-7-8-15(20-4-2)13(9-14)10-16/h7-9,12H,3-6,10-11H2,1-2H3. The summed E-state index contributed by atoms with van der Waals surface area (Å²) >= 11 is 5.91. The Morgan fingerprint density at radius 3 is 2.57 bits per heavy atom. The smallest absolute Gasteiger partial charge is 0.243 e. The molecule has 1 aromatic carbocycles. The monoisotopic (exact) mass is 331 g/mol. The Morgan fingerprint density at radius 1 is 1.33 bits per heavy atom. The maximum atomic E-state index is 12.7. The number of hydrogen-bond donors (Lipinski definition) is 0. The summed E-state index contributed by atoms with van der Waals surface area (Å²) in [5.74, 6) is 1.40. The summed E-state index contributed by atoms with van der Waals surface area (Å²) in [6.45, 7) is 5.39. The maximum absolute atomic E-state index is 12.7. The molecule has 21 heavy (non-hydrogen) atoms. The van der Waals surface area contributed by atoms with Crippen LogP contribution in [-0.4, -0.2) is 32.4 Å². The van der Waals surface area contributed by atoms with E-state index in [4.69, 9.17) is 16.3 Å². The van der Waals surface area contributed by atoms with Crippen LogP contribution in [0.2, 0.25) is 0 Å². The van der Waals surface area contributed by atoms with Crippen molar-refractivity contribution in [1.82, 2.24) is 4.31 Å². The number of sulfonamides is 1. The molecule has 0 unspecified atom stereocenters. The molecule has 0 heterocycles. The van der Waals surface area contributed by atoms with Crippen LogP contribution < -0.4 is 4.74 Å². The van der Waals surface area contributed by atoms with Crippen molar-refractivity contribution in [3.63, 3.8) is 0 Å². The van der Waals surface area contributed by atoms with Gasteiger partial charge < -0.3 is 4.74 Å². The first-order valence-corrected chi connectivity index (χ1v) is 9.32. The zero-order valence-corrected chi connectivity index (χ0v) is 14.1. The lowest BCUT2D eigenvalue weighted by atomic mass is 10.2. The molecule has 0 aromatic heterocycles. The highest BCUT2D eigenvalue weighted by atomic mass is 35.5. The van der Waals surface area contributed by atoms with Gasteiger partial charge in [-0.25, -0.2) is 8.42 Å². The van der Waals surface area contributed by atoms with Crippen LogP contribution in [0.1, 0.15) is 32.3 Å². The Bertz CT molecular complexity index is 585. The first kappa shape index (κ1) is 16.6. The van der Waals surface area contributed by atoms with Gasteiger partial charge in [-0.3, -0.25) is 0 Å². The molecule has 1 aliphatic carbocycles. The Balaban J connectivity index is 2.29. The van der Waals surface area contributed by atoms with E-state index in [0.717, 1.165) is 12.8 Å². The van der Waals surface area contributed by atoms with Gasteiger partial charge in [0.1, 0.15) is 5.75 Å². The van der Waals surface area contributed by atoms with Gasteiger partial charge in [0.2, 0.25) is 10.0 Å². The summed E-state index contributed by atoms with van der Waals surface area (Å²) < 4.78 is 32.4. The van der Waals surface area contributed by atoms with Gasteiger partial charge in [0.05, 0.1) is 17.4 Å². The van der Waals surface area contributed by atoms with Gasteiger partial charge in [-0.2, -0.15) is 4.31 Å². The van der Waals surface area contributed by atoms with Crippen LogP contribution in [0.15, 0.2) is 23.1 Å². The van der Waals surface area contributed by atoms with Crippen molar-refractivity contribution >= 4 is 21.6 Å². The summed E-state index contributed by atoms with van der Waals surface area (Å²) in [6.07, 6.45) is 2.25. The van der Waals surface area contributed by atoms with Crippen LogP contribution in [0.5, 0.6) is 5.75 Å². The third-order valence-electron chi connectivity index (χ3n) is 3.63. The van der Waals surface area contributed by atoms with Crippen LogP contribution in [0.4, 0.5) is 0 Å². The Hall–Kier alpha value is -0.780. The van der Waals surface area contributed by atoms with Crippen molar-refractivity contribution in [1.29, 1.82) is 0 Å². The molecule has 1 aliphatic rings. The molecular formula is C15H22ClNO3S. The molecule has 0 bridgehead atoms. The number of rotatable bonds is 8. The van der Waals surface area contributed by atoms with Crippen molar-refractivity contribution in [2.24, 2.45) is 5.92 Å². The van der Waals surface area contributed by atoms with E-state index in [2.05, 4.69) is 0 Å². The van der Waals surface area contributed by atoms with E-state index in [-0.39, 0.29) is 5.88 Å². The molecule has 118 valence electrons. The summed E-state index contributed by atoms with van der Waals surface area (Å²) in [6, 6.07) is 4.92. The van der Waals surface area contributed by atoms with Gasteiger partial charge in [0, 0.05) is 18.7 Å². The molecule has 1 aromatic rings. The lowest BCUT2D eigenvalue weighted by molar-refractivity contribution is 0.337. The lowest BCUT2D eigenvalue weighted by Crippen LogP contribution is -2.32. The van der Waals surface area contributed by atoms with Crippen molar-refractivity contribution in [2.75, 3.05) is 19.7 Å². The van der Waals surface area contributed by atoms with Gasteiger partial charge in [0.25, 0.3) is 0 Å². The fourth-order valence-corrected chi connectivity index (χ4v) is 4.04. The van der Waals surface area contributed by atoms with Crippen LogP contribution in [0.3, 0.4) is 0 Å². The van der Waals surface area contributed by atoms with E-state index in [0.29, 0.717) is 41.8 Å². The van der Waals surface area contributed by atoms with Gasteiger partial charge in [-0.05, 0) is 43.9 Å². The van der Waals surface area contributed by atoms with Crippen LogP contribution in [0, 0.1) is 5.92 Å². The van der Waals surface area contributed by atoms with Gasteiger partial charge >= 0.3 is 0 Å². The molecule has 1 fully saturated rings. The highest BCUT2D eigenvalue weighted by molar-refractivity contribution is 7.89. The molecule has 1 saturated carbocycles. The molecule has 6 heteroatoms. The van der Waals surface area contributed by atoms with E-state index in [1.54, 1.807) is 22.5 Å². The molecule has 0 spiro atoms. The average Bonchev–Trinajstić information content (AvgIpc) is 3.29. The second-order valence-electron chi connectivity index (χ2n) is 5.24. The Labute approximate surface area is 132 Å². The van der Waals surface area contributed by atoms with Gasteiger partial charge in [-0.1, -0.05) is 6.92 Å². The third-order valence-corrected chi connectivity index (χ3v) is 5.85. The first-order valence-electron chi connectivity index (χ1n) is 7.34. The van der Waals surface area contributed by atoms with Crippen molar-refractivity contribution in [3.8, 4) is 5.75 Å². The molecule has 0 saturated heterocycles. The van der Waals surface area contributed by atoms with Crippen LogP contribution in [0.25, 0.3) is 0 Å². The van der Waals surface area contributed by atoms with Crippen molar-refractivity contribution in [2.45, 2.75) is 37.5 Å². The normalized spacial score (nSPS) is 15.4. The van der Waals surface area contributed by atoms with E-state index < -0.39 is 10.0 Å². The van der Waals surface area contributed by atoms with E-state index >= 15 is 0 Å². The van der Waals surface area contributed by atoms with Crippen LogP contribution >= 0.6 is 11.6 Å². The van der Waals surface area contributed by atoms with E-state index in [1.165, 1.54) is 0 Å². The third kappa shape index (κ3) is 3.90. The number of benzene rings is 1. The van der Waals surface area contributed by atoms with E-state index in [1.807, 2.05) is 13.8 Å². The molecule has 2 rings (SSSR count). The topological polar surface area (TPSA) is 46.6 Å². The molecule has 4 nitrogen and oxygen atoms in total. The number of hydrogen-bond acceptors (Lipinski definition) is 3. The summed E-state index contributed by atoms with van der Waals surface area (Å²) in [7, 11) is -3.45. The van der Waals surface area contributed by atoms with Gasteiger partial charge in [0.15, 0.2) is 0 Å². The first-order chi connectivity index (χ1) is 10.0. The molecule has 0 aliphatic heterocycles. The molecule has 0 amide bonds. The highest BCUT2D eigenvalue weighted by Gasteiger charge is 2.31. The number of ether oxygens (including phenoxy) is 1. The number of alkyl halides is 1. The number of nitrogens with zero attached hydrogens (tertiary/aromatic N) is 1. The summed E-state index contributed by atoms with van der Waals surface area (Å²) in [5.41, 5.74) is 0.710. The van der Waals surface area contributed by atoms with Gasteiger partial charge in [-0.15, -0.1) is 11.6 Å². The minimum atomic E-state index is -3.45. The Kier molecular flexibility index (Phi) is 5.52. The fourth-order valence-electron chi connectivity index (χ4n) is 2.25. The molecule has 0 N–H and O–H groups in total. The minimum Gasteiger partial charge on any atom is -0.494 e. The SMILES string of the molecule is CCOc1ccc(S(=O)(=O)N(CC)CC2CC2)cc1CCl. The predicted octanol–water partition coefficient (Wildman–Crippen LogP) is 3.24. The summed E-state index contributed by atoms with van der Waals surface area (Å²) in [5, 5.41) is 0. The number of halogens is 1. The largest absolute Gasteiger partial charge is 0.494 e. The minimum absolute atomic E-state index is 0.230. The molecule has 0 radical (unpaired) electrons. The lowest BCUT2D eigenvalue weighted by Gasteiger charge is -2.21. The molecule has 0 atom stereocenters. The predicted molar refractivity (Wildman–Crippen MR) is 84.3 cm³/mol. The molecular weight excluding hydrogens is 310 g/mol. The van der Waals surface area contributed by atoms with Crippen molar-refractivity contribution < 1.29 is 13.2 Å².